The van der Waals surface area contributed by atoms with Crippen molar-refractivity contribution in [3.05, 3.63) is 48.6 Å². The summed E-state index contributed by atoms with van der Waals surface area (Å²) in [5.74, 6) is -0.672. The summed E-state index contributed by atoms with van der Waals surface area (Å²) >= 11 is 0. The Hall–Kier alpha value is -2.83. The van der Waals surface area contributed by atoms with Crippen LogP contribution >= 0.6 is 0 Å². The van der Waals surface area contributed by atoms with Gasteiger partial charge >= 0.3 is 6.09 Å². The largest absolute Gasteiger partial charge is 0.444 e. The zero-order chi connectivity index (χ0) is 22.7. The van der Waals surface area contributed by atoms with Crippen molar-refractivity contribution in [3.8, 4) is 0 Å². The van der Waals surface area contributed by atoms with Crippen molar-refractivity contribution in [2.75, 3.05) is 13.1 Å². The standard InChI is InChI=1S/C23H35N3O4/c1-7-9-15-24-20(27)19(18-13-11-10-12-14-18)26(16-8-2)21(28)17(3)25-22(29)30-23(4,5)6/h8,10-14,17,19H,2,7,9,15-16H2,1,3-6H3,(H,24,27)(H,25,29). The zero-order valence-electron chi connectivity index (χ0n) is 18.7. The Labute approximate surface area is 179 Å². The van der Waals surface area contributed by atoms with Crippen LogP contribution in [0.2, 0.25) is 0 Å². The molecule has 0 heterocycles. The molecule has 0 spiro atoms. The Bertz CT molecular complexity index is 713. The van der Waals surface area contributed by atoms with E-state index < -0.39 is 29.7 Å². The third-order valence-corrected chi connectivity index (χ3v) is 4.22. The summed E-state index contributed by atoms with van der Waals surface area (Å²) in [4.78, 5) is 39.8. The molecule has 166 valence electrons. The molecule has 1 aromatic carbocycles. The number of rotatable bonds is 10. The van der Waals surface area contributed by atoms with E-state index in [2.05, 4.69) is 17.2 Å². The van der Waals surface area contributed by atoms with Gasteiger partial charge in [-0.3, -0.25) is 9.59 Å². The summed E-state index contributed by atoms with van der Waals surface area (Å²) < 4.78 is 5.24. The number of carbonyl (C=O) groups is 3. The molecular formula is C23H35N3O4. The maximum absolute atomic E-state index is 13.2. The van der Waals surface area contributed by atoms with Gasteiger partial charge in [0.05, 0.1) is 0 Å². The molecular weight excluding hydrogens is 382 g/mol. The number of carbonyl (C=O) groups excluding carboxylic acids is 3. The van der Waals surface area contributed by atoms with Crippen molar-refractivity contribution in [1.82, 2.24) is 15.5 Å². The van der Waals surface area contributed by atoms with E-state index in [1.54, 1.807) is 45.9 Å². The molecule has 2 N–H and O–H groups in total. The Morgan fingerprint density at radius 1 is 1.20 bits per heavy atom. The highest BCUT2D eigenvalue weighted by Gasteiger charge is 2.33. The molecule has 0 fully saturated rings. The van der Waals surface area contributed by atoms with E-state index in [9.17, 15) is 14.4 Å². The van der Waals surface area contributed by atoms with Crippen molar-refractivity contribution in [2.45, 2.75) is 65.1 Å². The van der Waals surface area contributed by atoms with Crippen LogP contribution in [0.4, 0.5) is 4.79 Å². The van der Waals surface area contributed by atoms with Crippen LogP contribution in [0, 0.1) is 0 Å². The third-order valence-electron chi connectivity index (χ3n) is 4.22. The molecule has 2 atom stereocenters. The second-order valence-corrected chi connectivity index (χ2v) is 8.10. The molecule has 7 nitrogen and oxygen atoms in total. The number of amides is 3. The van der Waals surface area contributed by atoms with E-state index in [1.165, 1.54) is 4.90 Å². The van der Waals surface area contributed by atoms with Crippen LogP contribution in [0.1, 0.15) is 59.1 Å². The summed E-state index contributed by atoms with van der Waals surface area (Å²) in [7, 11) is 0. The number of benzene rings is 1. The van der Waals surface area contributed by atoms with E-state index in [0.717, 1.165) is 12.8 Å². The van der Waals surface area contributed by atoms with Gasteiger partial charge in [-0.2, -0.15) is 0 Å². The molecule has 2 unspecified atom stereocenters. The fraction of sp³-hybridized carbons (Fsp3) is 0.522. The van der Waals surface area contributed by atoms with Crippen LogP contribution in [0.3, 0.4) is 0 Å². The molecule has 0 saturated heterocycles. The highest BCUT2D eigenvalue weighted by Crippen LogP contribution is 2.22. The first kappa shape index (κ1) is 25.2. The lowest BCUT2D eigenvalue weighted by Crippen LogP contribution is -2.52. The molecule has 0 aliphatic carbocycles. The normalized spacial score (nSPS) is 13.0. The molecule has 3 amide bonds. The lowest BCUT2D eigenvalue weighted by atomic mass is 10.0. The van der Waals surface area contributed by atoms with Crippen LogP contribution in [-0.2, 0) is 14.3 Å². The Balaban J connectivity index is 3.11. The first-order valence-electron chi connectivity index (χ1n) is 10.3. The van der Waals surface area contributed by atoms with Crippen molar-refractivity contribution in [1.29, 1.82) is 0 Å². The van der Waals surface area contributed by atoms with Gasteiger partial charge in [0.15, 0.2) is 0 Å². The summed E-state index contributed by atoms with van der Waals surface area (Å²) in [6.45, 7) is 13.3. The van der Waals surface area contributed by atoms with Gasteiger partial charge in [-0.25, -0.2) is 4.79 Å². The van der Waals surface area contributed by atoms with Gasteiger partial charge in [0, 0.05) is 13.1 Å². The van der Waals surface area contributed by atoms with Gasteiger partial charge in [0.1, 0.15) is 17.7 Å². The maximum atomic E-state index is 13.2. The van der Waals surface area contributed by atoms with Crippen molar-refractivity contribution < 1.29 is 19.1 Å². The lowest BCUT2D eigenvalue weighted by molar-refractivity contribution is -0.141. The van der Waals surface area contributed by atoms with E-state index in [0.29, 0.717) is 12.1 Å². The predicted molar refractivity (Wildman–Crippen MR) is 118 cm³/mol. The van der Waals surface area contributed by atoms with Crippen LogP contribution in [-0.4, -0.2) is 47.5 Å². The molecule has 0 aliphatic rings. The molecule has 0 saturated carbocycles. The third kappa shape index (κ3) is 8.27. The zero-order valence-corrected chi connectivity index (χ0v) is 18.7. The monoisotopic (exact) mass is 417 g/mol. The van der Waals surface area contributed by atoms with Crippen LogP contribution in [0.25, 0.3) is 0 Å². The highest BCUT2D eigenvalue weighted by molar-refractivity contribution is 5.92. The number of hydrogen-bond acceptors (Lipinski definition) is 4. The van der Waals surface area contributed by atoms with Crippen LogP contribution in [0.5, 0.6) is 0 Å². The number of nitrogens with one attached hydrogen (secondary N) is 2. The highest BCUT2D eigenvalue weighted by atomic mass is 16.6. The molecule has 30 heavy (non-hydrogen) atoms. The fourth-order valence-corrected chi connectivity index (χ4v) is 2.85. The molecule has 7 heteroatoms. The second kappa shape index (κ2) is 12.0. The van der Waals surface area contributed by atoms with E-state index in [1.807, 2.05) is 25.1 Å². The minimum Gasteiger partial charge on any atom is -0.444 e. The number of ether oxygens (including phenoxy) is 1. The number of hydrogen-bond donors (Lipinski definition) is 2. The topological polar surface area (TPSA) is 87.7 Å². The Morgan fingerprint density at radius 3 is 2.37 bits per heavy atom. The first-order chi connectivity index (χ1) is 14.1. The summed E-state index contributed by atoms with van der Waals surface area (Å²) in [6.07, 6.45) is 2.67. The number of unbranched alkanes of at least 4 members (excludes halogenated alkanes) is 1. The minimum atomic E-state index is -0.880. The smallest absolute Gasteiger partial charge is 0.408 e. The minimum absolute atomic E-state index is 0.153. The SMILES string of the molecule is C=CCN(C(=O)C(C)NC(=O)OC(C)(C)C)C(C(=O)NCCCC)c1ccccc1. The Kier molecular flexibility index (Phi) is 10.1. The van der Waals surface area contributed by atoms with Gasteiger partial charge in [0.25, 0.3) is 0 Å². The molecule has 1 rings (SSSR count). The predicted octanol–water partition coefficient (Wildman–Crippen LogP) is 3.57. The van der Waals surface area contributed by atoms with Gasteiger partial charge in [0.2, 0.25) is 11.8 Å². The molecule has 0 aromatic heterocycles. The van der Waals surface area contributed by atoms with Crippen molar-refractivity contribution in [2.24, 2.45) is 0 Å². The molecule has 0 radical (unpaired) electrons. The van der Waals surface area contributed by atoms with E-state index in [4.69, 9.17) is 4.74 Å². The van der Waals surface area contributed by atoms with Crippen molar-refractivity contribution in [3.63, 3.8) is 0 Å². The fourth-order valence-electron chi connectivity index (χ4n) is 2.85. The van der Waals surface area contributed by atoms with Crippen molar-refractivity contribution >= 4 is 17.9 Å². The molecule has 0 aliphatic heterocycles. The van der Waals surface area contributed by atoms with Gasteiger partial charge < -0.3 is 20.3 Å². The van der Waals surface area contributed by atoms with E-state index in [-0.39, 0.29) is 12.5 Å². The molecule has 1 aromatic rings. The number of alkyl carbamates (subject to hydrolysis) is 1. The maximum Gasteiger partial charge on any atom is 0.408 e. The Morgan fingerprint density at radius 2 is 1.83 bits per heavy atom. The van der Waals surface area contributed by atoms with Crippen LogP contribution in [0.15, 0.2) is 43.0 Å². The first-order valence-corrected chi connectivity index (χ1v) is 10.3. The lowest BCUT2D eigenvalue weighted by Gasteiger charge is -2.33. The van der Waals surface area contributed by atoms with E-state index >= 15 is 0 Å². The summed E-state index contributed by atoms with van der Waals surface area (Å²) in [6, 6.07) is 7.38. The quantitative estimate of drug-likeness (QED) is 0.450. The average molecular weight is 418 g/mol. The van der Waals surface area contributed by atoms with Gasteiger partial charge in [-0.05, 0) is 39.7 Å². The van der Waals surface area contributed by atoms with Crippen LogP contribution < -0.4 is 10.6 Å². The number of nitrogens with zero attached hydrogens (tertiary/aromatic N) is 1. The summed E-state index contributed by atoms with van der Waals surface area (Å²) in [5.41, 5.74) is 0.00511. The summed E-state index contributed by atoms with van der Waals surface area (Å²) in [5, 5.41) is 5.46. The second-order valence-electron chi connectivity index (χ2n) is 8.10. The van der Waals surface area contributed by atoms with Gasteiger partial charge in [-0.15, -0.1) is 6.58 Å². The van der Waals surface area contributed by atoms with Gasteiger partial charge in [-0.1, -0.05) is 49.8 Å². The average Bonchev–Trinajstić information content (AvgIpc) is 2.66. The molecule has 0 bridgehead atoms.